The summed E-state index contributed by atoms with van der Waals surface area (Å²) in [5.41, 5.74) is -0.450. The van der Waals surface area contributed by atoms with Gasteiger partial charge in [0.25, 0.3) is 5.91 Å². The van der Waals surface area contributed by atoms with E-state index in [1.807, 2.05) is 0 Å². The summed E-state index contributed by atoms with van der Waals surface area (Å²) in [5, 5.41) is 6.90. The molecule has 128 valence electrons. The first-order valence-electron chi connectivity index (χ1n) is 7.67. The van der Waals surface area contributed by atoms with Crippen LogP contribution in [0.3, 0.4) is 0 Å². The van der Waals surface area contributed by atoms with E-state index in [1.165, 1.54) is 24.3 Å². The third-order valence-corrected chi connectivity index (χ3v) is 4.09. The minimum absolute atomic E-state index is 0.0615. The fraction of sp³-hybridized carbons (Fsp3) is 0.438. The van der Waals surface area contributed by atoms with Crippen LogP contribution >= 0.6 is 0 Å². The van der Waals surface area contributed by atoms with Crippen LogP contribution in [-0.4, -0.2) is 22.7 Å². The van der Waals surface area contributed by atoms with E-state index in [1.54, 1.807) is 6.92 Å². The van der Waals surface area contributed by atoms with Crippen molar-refractivity contribution in [2.24, 2.45) is 0 Å². The van der Waals surface area contributed by atoms with Gasteiger partial charge in [0, 0.05) is 12.5 Å². The molecule has 1 saturated carbocycles. The highest BCUT2D eigenvalue weighted by Gasteiger charge is 2.41. The Balaban J connectivity index is 1.82. The summed E-state index contributed by atoms with van der Waals surface area (Å²) in [4.78, 5) is 16.8. The summed E-state index contributed by atoms with van der Waals surface area (Å²) in [6.07, 6.45) is 3.26. The molecule has 0 radical (unpaired) electrons. The number of nitrogens with zero attached hydrogens (tertiary/aromatic N) is 2. The molecule has 0 unspecified atom stereocenters. The van der Waals surface area contributed by atoms with Crippen molar-refractivity contribution in [3.8, 4) is 5.75 Å². The molecule has 1 heterocycles. The second kappa shape index (κ2) is 6.54. The molecule has 0 atom stereocenters. The Hall–Kier alpha value is -2.51. The van der Waals surface area contributed by atoms with Crippen molar-refractivity contribution in [3.05, 3.63) is 41.5 Å². The van der Waals surface area contributed by atoms with E-state index in [2.05, 4.69) is 20.2 Å². The number of alkyl halides is 2. The molecule has 1 amide bonds. The van der Waals surface area contributed by atoms with E-state index in [9.17, 15) is 13.6 Å². The summed E-state index contributed by atoms with van der Waals surface area (Å²) >= 11 is 0. The van der Waals surface area contributed by atoms with Crippen molar-refractivity contribution in [2.45, 2.75) is 44.8 Å². The van der Waals surface area contributed by atoms with Crippen molar-refractivity contribution >= 4 is 5.91 Å². The number of aromatic nitrogens is 2. The van der Waals surface area contributed by atoms with E-state index in [0.29, 0.717) is 24.6 Å². The topological polar surface area (TPSA) is 77.2 Å². The maximum atomic E-state index is 12.6. The highest BCUT2D eigenvalue weighted by Crippen LogP contribution is 2.37. The van der Waals surface area contributed by atoms with Gasteiger partial charge >= 0.3 is 6.61 Å². The summed E-state index contributed by atoms with van der Waals surface area (Å²) in [7, 11) is 0. The number of hydrogen-bond acceptors (Lipinski definition) is 5. The van der Waals surface area contributed by atoms with Gasteiger partial charge in [0.2, 0.25) is 5.89 Å². The zero-order valence-electron chi connectivity index (χ0n) is 13.1. The van der Waals surface area contributed by atoms with E-state index >= 15 is 0 Å². The molecular formula is C16H17F2N3O3. The average Bonchev–Trinajstić information content (AvgIpc) is 3.17. The van der Waals surface area contributed by atoms with Crippen LogP contribution in [0.1, 0.15) is 47.8 Å². The SMILES string of the molecule is Cc1nc(C2(NC(=O)c3cccc(OC(F)F)c3)CCCC2)no1. The monoisotopic (exact) mass is 337 g/mol. The molecule has 1 aromatic carbocycles. The zero-order chi connectivity index (χ0) is 17.2. The second-order valence-electron chi connectivity index (χ2n) is 5.79. The first-order chi connectivity index (χ1) is 11.5. The average molecular weight is 337 g/mol. The predicted molar refractivity (Wildman–Crippen MR) is 79.7 cm³/mol. The molecule has 0 aliphatic heterocycles. The molecule has 0 saturated heterocycles. The molecule has 2 aromatic rings. The summed E-state index contributed by atoms with van der Waals surface area (Å²) < 4.78 is 34.0. The Bertz CT molecular complexity index is 727. The van der Waals surface area contributed by atoms with Crippen LogP contribution in [0.25, 0.3) is 0 Å². The third-order valence-electron chi connectivity index (χ3n) is 4.09. The molecule has 3 rings (SSSR count). The summed E-state index contributed by atoms with van der Waals surface area (Å²) in [6.45, 7) is -1.25. The quantitative estimate of drug-likeness (QED) is 0.907. The molecule has 24 heavy (non-hydrogen) atoms. The van der Waals surface area contributed by atoms with Crippen molar-refractivity contribution in [1.29, 1.82) is 0 Å². The minimum atomic E-state index is -2.94. The van der Waals surface area contributed by atoms with Crippen LogP contribution < -0.4 is 10.1 Å². The van der Waals surface area contributed by atoms with Gasteiger partial charge in [0.1, 0.15) is 11.3 Å². The van der Waals surface area contributed by atoms with Gasteiger partial charge in [0.15, 0.2) is 5.82 Å². The van der Waals surface area contributed by atoms with Gasteiger partial charge in [-0.25, -0.2) is 0 Å². The lowest BCUT2D eigenvalue weighted by Crippen LogP contribution is -2.44. The normalized spacial score (nSPS) is 16.3. The first kappa shape index (κ1) is 16.4. The van der Waals surface area contributed by atoms with E-state index in [-0.39, 0.29) is 17.2 Å². The van der Waals surface area contributed by atoms with E-state index in [4.69, 9.17) is 4.52 Å². The standard InChI is InChI=1S/C16H17F2N3O3/c1-10-19-14(21-24-10)16(7-2-3-8-16)20-13(22)11-5-4-6-12(9-11)23-15(17)18/h4-6,9,15H,2-3,7-8H2,1H3,(H,20,22). The maximum Gasteiger partial charge on any atom is 0.387 e. The number of nitrogens with one attached hydrogen (secondary N) is 1. The molecule has 0 spiro atoms. The minimum Gasteiger partial charge on any atom is -0.435 e. The van der Waals surface area contributed by atoms with Crippen LogP contribution in [0, 0.1) is 6.92 Å². The predicted octanol–water partition coefficient (Wildman–Crippen LogP) is 3.18. The highest BCUT2D eigenvalue weighted by atomic mass is 19.3. The van der Waals surface area contributed by atoms with Gasteiger partial charge < -0.3 is 14.6 Å². The lowest BCUT2D eigenvalue weighted by molar-refractivity contribution is -0.0498. The van der Waals surface area contributed by atoms with Gasteiger partial charge in [-0.1, -0.05) is 24.1 Å². The fourth-order valence-electron chi connectivity index (χ4n) is 2.98. The molecule has 1 N–H and O–H groups in total. The second-order valence-corrected chi connectivity index (χ2v) is 5.79. The molecule has 1 aliphatic rings. The van der Waals surface area contributed by atoms with Crippen LogP contribution in [0.15, 0.2) is 28.8 Å². The number of aryl methyl sites for hydroxylation is 1. The number of benzene rings is 1. The Labute approximate surface area is 137 Å². The van der Waals surface area contributed by atoms with E-state index in [0.717, 1.165) is 12.8 Å². The summed E-state index contributed by atoms with van der Waals surface area (Å²) in [5.74, 6) is 0.427. The molecular weight excluding hydrogens is 320 g/mol. The molecule has 8 heteroatoms. The number of halogens is 2. The van der Waals surface area contributed by atoms with Crippen LogP contribution in [-0.2, 0) is 5.54 Å². The number of amides is 1. The number of hydrogen-bond donors (Lipinski definition) is 1. The zero-order valence-corrected chi connectivity index (χ0v) is 13.1. The van der Waals surface area contributed by atoms with E-state index < -0.39 is 12.2 Å². The van der Waals surface area contributed by atoms with Crippen LogP contribution in [0.4, 0.5) is 8.78 Å². The van der Waals surface area contributed by atoms with Crippen LogP contribution in [0.2, 0.25) is 0 Å². The number of rotatable bonds is 5. The van der Waals surface area contributed by atoms with Gasteiger partial charge in [-0.3, -0.25) is 4.79 Å². The molecule has 1 fully saturated rings. The van der Waals surface area contributed by atoms with Gasteiger partial charge in [-0.05, 0) is 31.0 Å². The Morgan fingerprint density at radius 3 is 2.75 bits per heavy atom. The molecule has 6 nitrogen and oxygen atoms in total. The highest BCUT2D eigenvalue weighted by molar-refractivity contribution is 5.95. The molecule has 1 aromatic heterocycles. The Morgan fingerprint density at radius 2 is 2.12 bits per heavy atom. The molecule has 1 aliphatic carbocycles. The number of ether oxygens (including phenoxy) is 1. The van der Waals surface area contributed by atoms with Crippen molar-refractivity contribution in [3.63, 3.8) is 0 Å². The summed E-state index contributed by atoms with van der Waals surface area (Å²) in [6, 6.07) is 5.69. The van der Waals surface area contributed by atoms with Crippen molar-refractivity contribution in [1.82, 2.24) is 15.5 Å². The van der Waals surface area contributed by atoms with Crippen molar-refractivity contribution < 1.29 is 22.8 Å². The van der Waals surface area contributed by atoms with Gasteiger partial charge in [0.05, 0.1) is 0 Å². The lowest BCUT2D eigenvalue weighted by Gasteiger charge is -2.26. The van der Waals surface area contributed by atoms with Gasteiger partial charge in [-0.15, -0.1) is 0 Å². The van der Waals surface area contributed by atoms with Gasteiger partial charge in [-0.2, -0.15) is 13.8 Å². The van der Waals surface area contributed by atoms with Crippen molar-refractivity contribution in [2.75, 3.05) is 0 Å². The fourth-order valence-corrected chi connectivity index (χ4v) is 2.98. The maximum absolute atomic E-state index is 12.6. The first-order valence-corrected chi connectivity index (χ1v) is 7.67. The lowest BCUT2D eigenvalue weighted by atomic mass is 9.96. The Kier molecular flexibility index (Phi) is 4.46. The number of carbonyl (C=O) groups is 1. The smallest absolute Gasteiger partial charge is 0.387 e. The Morgan fingerprint density at radius 1 is 1.38 bits per heavy atom. The molecule has 0 bridgehead atoms. The van der Waals surface area contributed by atoms with Crippen LogP contribution in [0.5, 0.6) is 5.75 Å². The number of carbonyl (C=O) groups excluding carboxylic acids is 1. The largest absolute Gasteiger partial charge is 0.435 e. The third kappa shape index (κ3) is 3.37.